The second-order valence-electron chi connectivity index (χ2n) is 5.33. The van der Waals surface area contributed by atoms with Crippen LogP contribution >= 0.6 is 0 Å². The van der Waals surface area contributed by atoms with Gasteiger partial charge in [-0.05, 0) is 19.1 Å². The molecule has 7 heteroatoms. The Morgan fingerprint density at radius 2 is 2.00 bits per heavy atom. The maximum atomic E-state index is 12.4. The largest absolute Gasteiger partial charge is 0.339 e. The smallest absolute Gasteiger partial charge is 0.274 e. The lowest BCUT2D eigenvalue weighted by atomic mass is 10.00. The normalized spacial score (nSPS) is 15.0. The Labute approximate surface area is 126 Å². The van der Waals surface area contributed by atoms with Gasteiger partial charge in [-0.3, -0.25) is 9.78 Å². The van der Waals surface area contributed by atoms with E-state index in [9.17, 15) is 4.79 Å². The van der Waals surface area contributed by atoms with Crippen molar-refractivity contribution in [2.75, 3.05) is 13.1 Å². The quantitative estimate of drug-likeness (QED) is 0.713. The van der Waals surface area contributed by atoms with Gasteiger partial charge in [-0.1, -0.05) is 17.3 Å². The van der Waals surface area contributed by atoms with Gasteiger partial charge in [0.25, 0.3) is 5.91 Å². The lowest BCUT2D eigenvalue weighted by Crippen LogP contribution is -2.48. The first-order valence-corrected chi connectivity index (χ1v) is 7.02. The van der Waals surface area contributed by atoms with Crippen LogP contribution < -0.4 is 0 Å². The number of likely N-dealkylation sites (tertiary alicyclic amines) is 1. The Hall–Kier alpha value is -2.83. The van der Waals surface area contributed by atoms with Crippen molar-refractivity contribution in [3.63, 3.8) is 0 Å². The lowest BCUT2D eigenvalue weighted by molar-refractivity contribution is 0.0563. The zero-order valence-corrected chi connectivity index (χ0v) is 11.9. The van der Waals surface area contributed by atoms with Gasteiger partial charge in [0, 0.05) is 13.1 Å². The van der Waals surface area contributed by atoms with Crippen molar-refractivity contribution in [3.8, 4) is 0 Å². The number of para-hydroxylation sites is 2. The molecule has 0 spiro atoms. The summed E-state index contributed by atoms with van der Waals surface area (Å²) in [5, 5.41) is 3.77. The fourth-order valence-electron chi connectivity index (χ4n) is 2.50. The van der Waals surface area contributed by atoms with E-state index in [-0.39, 0.29) is 11.8 Å². The number of fused-ring (bicyclic) bond motifs is 1. The van der Waals surface area contributed by atoms with E-state index in [1.807, 2.05) is 24.3 Å². The molecule has 0 aliphatic carbocycles. The molecule has 22 heavy (non-hydrogen) atoms. The fourth-order valence-corrected chi connectivity index (χ4v) is 2.50. The van der Waals surface area contributed by atoms with Gasteiger partial charge in [-0.25, -0.2) is 4.98 Å². The number of carbonyl (C=O) groups excluding carboxylic acids is 1. The molecular weight excluding hydrogens is 282 g/mol. The standard InChI is InChI=1S/C15H13N5O2/c1-9-17-14(22-19-9)10-7-20(8-10)15(21)13-6-16-11-4-2-3-5-12(11)18-13/h2-6,10H,7-8H2,1H3. The zero-order chi connectivity index (χ0) is 15.1. The van der Waals surface area contributed by atoms with Crippen LogP contribution in [0.1, 0.15) is 28.1 Å². The highest BCUT2D eigenvalue weighted by Gasteiger charge is 2.36. The SMILES string of the molecule is Cc1noc(C2CN(C(=O)c3cnc4ccccc4n3)C2)n1. The summed E-state index contributed by atoms with van der Waals surface area (Å²) in [5.74, 6) is 1.19. The monoisotopic (exact) mass is 295 g/mol. The third-order valence-electron chi connectivity index (χ3n) is 3.73. The first kappa shape index (κ1) is 12.9. The maximum Gasteiger partial charge on any atom is 0.274 e. The molecule has 1 aromatic carbocycles. The molecule has 3 heterocycles. The maximum absolute atomic E-state index is 12.4. The van der Waals surface area contributed by atoms with Crippen LogP contribution in [0.15, 0.2) is 35.0 Å². The molecule has 1 aliphatic heterocycles. The average molecular weight is 295 g/mol. The molecule has 0 N–H and O–H groups in total. The number of aromatic nitrogens is 4. The van der Waals surface area contributed by atoms with E-state index in [0.717, 1.165) is 11.0 Å². The molecule has 0 atom stereocenters. The molecule has 1 fully saturated rings. The molecule has 1 amide bonds. The Morgan fingerprint density at radius 1 is 1.23 bits per heavy atom. The van der Waals surface area contributed by atoms with E-state index in [2.05, 4.69) is 20.1 Å². The molecule has 3 aromatic rings. The van der Waals surface area contributed by atoms with Crippen LogP contribution in [0.5, 0.6) is 0 Å². The van der Waals surface area contributed by atoms with Crippen molar-refractivity contribution in [2.24, 2.45) is 0 Å². The van der Waals surface area contributed by atoms with Gasteiger partial charge < -0.3 is 9.42 Å². The van der Waals surface area contributed by atoms with Gasteiger partial charge in [0.15, 0.2) is 5.82 Å². The van der Waals surface area contributed by atoms with Crippen LogP contribution in [0, 0.1) is 6.92 Å². The number of nitrogens with zero attached hydrogens (tertiary/aromatic N) is 5. The van der Waals surface area contributed by atoms with Gasteiger partial charge in [-0.15, -0.1) is 0 Å². The van der Waals surface area contributed by atoms with E-state index >= 15 is 0 Å². The minimum atomic E-state index is -0.120. The summed E-state index contributed by atoms with van der Waals surface area (Å²) in [6.45, 7) is 2.91. The topological polar surface area (TPSA) is 85.0 Å². The summed E-state index contributed by atoms with van der Waals surface area (Å²) >= 11 is 0. The van der Waals surface area contributed by atoms with E-state index in [4.69, 9.17) is 4.52 Å². The molecule has 0 saturated carbocycles. The summed E-state index contributed by atoms with van der Waals surface area (Å²) in [7, 11) is 0. The number of benzene rings is 1. The average Bonchev–Trinajstić information content (AvgIpc) is 2.91. The molecule has 2 aromatic heterocycles. The second kappa shape index (κ2) is 4.87. The van der Waals surface area contributed by atoms with Crippen molar-refractivity contribution in [2.45, 2.75) is 12.8 Å². The van der Waals surface area contributed by atoms with Crippen LogP contribution in [0.3, 0.4) is 0 Å². The first-order valence-electron chi connectivity index (χ1n) is 7.02. The van der Waals surface area contributed by atoms with Crippen LogP contribution in [0.25, 0.3) is 11.0 Å². The molecule has 0 bridgehead atoms. The number of hydrogen-bond donors (Lipinski definition) is 0. The Balaban J connectivity index is 1.50. The van der Waals surface area contributed by atoms with Crippen LogP contribution in [0.2, 0.25) is 0 Å². The zero-order valence-electron chi connectivity index (χ0n) is 11.9. The minimum Gasteiger partial charge on any atom is -0.339 e. The number of rotatable bonds is 2. The van der Waals surface area contributed by atoms with Crippen molar-refractivity contribution in [3.05, 3.63) is 47.9 Å². The second-order valence-corrected chi connectivity index (χ2v) is 5.33. The van der Waals surface area contributed by atoms with Crippen LogP contribution in [-0.2, 0) is 0 Å². The summed E-state index contributed by atoms with van der Waals surface area (Å²) in [5.41, 5.74) is 1.86. The number of aryl methyl sites for hydroxylation is 1. The van der Waals surface area contributed by atoms with Crippen molar-refractivity contribution >= 4 is 16.9 Å². The summed E-state index contributed by atoms with van der Waals surface area (Å²) in [6.07, 6.45) is 1.52. The van der Waals surface area contributed by atoms with Gasteiger partial charge in [0.05, 0.1) is 23.1 Å². The molecule has 0 radical (unpaired) electrons. The Bertz CT molecular complexity index is 854. The Morgan fingerprint density at radius 3 is 2.73 bits per heavy atom. The highest BCUT2D eigenvalue weighted by atomic mass is 16.5. The van der Waals surface area contributed by atoms with Gasteiger partial charge >= 0.3 is 0 Å². The highest BCUT2D eigenvalue weighted by molar-refractivity contribution is 5.94. The van der Waals surface area contributed by atoms with Gasteiger partial charge in [0.2, 0.25) is 5.89 Å². The molecule has 110 valence electrons. The summed E-state index contributed by atoms with van der Waals surface area (Å²) < 4.78 is 5.13. The number of hydrogen-bond acceptors (Lipinski definition) is 6. The number of amides is 1. The van der Waals surface area contributed by atoms with E-state index in [0.29, 0.717) is 30.5 Å². The minimum absolute atomic E-state index is 0.110. The van der Waals surface area contributed by atoms with Gasteiger partial charge in [0.1, 0.15) is 5.69 Å². The van der Waals surface area contributed by atoms with Gasteiger partial charge in [-0.2, -0.15) is 4.98 Å². The van der Waals surface area contributed by atoms with Crippen molar-refractivity contribution < 1.29 is 9.32 Å². The predicted molar refractivity (Wildman–Crippen MR) is 77.2 cm³/mol. The molecule has 4 rings (SSSR count). The third kappa shape index (κ3) is 2.11. The van der Waals surface area contributed by atoms with E-state index in [1.54, 1.807) is 11.8 Å². The van der Waals surface area contributed by atoms with Crippen LogP contribution in [-0.4, -0.2) is 44.0 Å². The Kier molecular flexibility index (Phi) is 2.85. The highest BCUT2D eigenvalue weighted by Crippen LogP contribution is 2.26. The summed E-state index contributed by atoms with van der Waals surface area (Å²) in [4.78, 5) is 27.0. The molecule has 1 saturated heterocycles. The van der Waals surface area contributed by atoms with Crippen molar-refractivity contribution in [1.82, 2.24) is 25.0 Å². The molecule has 7 nitrogen and oxygen atoms in total. The van der Waals surface area contributed by atoms with E-state index < -0.39 is 0 Å². The van der Waals surface area contributed by atoms with E-state index in [1.165, 1.54) is 6.20 Å². The first-order chi connectivity index (χ1) is 10.7. The molecule has 0 unspecified atom stereocenters. The third-order valence-corrected chi connectivity index (χ3v) is 3.73. The molecule has 1 aliphatic rings. The van der Waals surface area contributed by atoms with Crippen LogP contribution in [0.4, 0.5) is 0 Å². The molecular formula is C15H13N5O2. The lowest BCUT2D eigenvalue weighted by Gasteiger charge is -2.36. The van der Waals surface area contributed by atoms with Crippen molar-refractivity contribution in [1.29, 1.82) is 0 Å². The fraction of sp³-hybridized carbons (Fsp3) is 0.267. The predicted octanol–water partition coefficient (Wildman–Crippen LogP) is 1.56. The summed E-state index contributed by atoms with van der Waals surface area (Å²) in [6, 6.07) is 7.49. The number of carbonyl (C=O) groups is 1.